The van der Waals surface area contributed by atoms with Gasteiger partial charge in [0, 0.05) is 0 Å². The Morgan fingerprint density at radius 1 is 1.06 bits per heavy atom. The average molecular weight is 216 g/mol. The molecule has 1 N–H and O–H groups in total. The molecule has 0 saturated heterocycles. The topological polar surface area (TPSA) is 20.2 Å². The molecule has 16 heavy (non-hydrogen) atoms. The summed E-state index contributed by atoms with van der Waals surface area (Å²) < 4.78 is 0. The van der Waals surface area contributed by atoms with Crippen molar-refractivity contribution in [2.45, 2.75) is 50.5 Å². The van der Waals surface area contributed by atoms with Crippen molar-refractivity contribution < 1.29 is 5.11 Å². The largest absolute Gasteiger partial charge is 0.385 e. The highest BCUT2D eigenvalue weighted by atomic mass is 16.3. The minimum atomic E-state index is -0.509. The molecule has 0 bridgehead atoms. The first-order valence-corrected chi connectivity index (χ1v) is 6.61. The number of rotatable bonds is 1. The second-order valence-corrected chi connectivity index (χ2v) is 5.42. The summed E-state index contributed by atoms with van der Waals surface area (Å²) >= 11 is 0. The Kier molecular flexibility index (Phi) is 2.51. The van der Waals surface area contributed by atoms with Crippen LogP contribution in [0.5, 0.6) is 0 Å². The van der Waals surface area contributed by atoms with E-state index in [0.717, 1.165) is 19.3 Å². The van der Waals surface area contributed by atoms with E-state index in [0.29, 0.717) is 5.92 Å². The van der Waals surface area contributed by atoms with E-state index in [4.69, 9.17) is 0 Å². The highest BCUT2D eigenvalue weighted by Gasteiger charge is 2.42. The molecule has 0 amide bonds. The van der Waals surface area contributed by atoms with Gasteiger partial charge in [-0.15, -0.1) is 0 Å². The van der Waals surface area contributed by atoms with Crippen LogP contribution in [-0.2, 0) is 12.0 Å². The summed E-state index contributed by atoms with van der Waals surface area (Å²) in [4.78, 5) is 0. The van der Waals surface area contributed by atoms with Gasteiger partial charge in [-0.05, 0) is 49.1 Å². The summed E-state index contributed by atoms with van der Waals surface area (Å²) in [6.45, 7) is 0. The number of aryl methyl sites for hydroxylation is 1. The van der Waals surface area contributed by atoms with Gasteiger partial charge in [-0.3, -0.25) is 0 Å². The fraction of sp³-hybridized carbons (Fsp3) is 0.600. The van der Waals surface area contributed by atoms with E-state index in [-0.39, 0.29) is 0 Å². The molecule has 3 rings (SSSR count). The molecule has 86 valence electrons. The Balaban J connectivity index is 2.02. The summed E-state index contributed by atoms with van der Waals surface area (Å²) in [5.41, 5.74) is 2.10. The van der Waals surface area contributed by atoms with Gasteiger partial charge in [0.15, 0.2) is 0 Å². The van der Waals surface area contributed by atoms with Crippen LogP contribution in [0.3, 0.4) is 0 Å². The standard InChI is InChI=1S/C15H20O/c16-15(13-8-2-3-9-13)11-5-7-12-6-1-4-10-14(12)15/h1,4,6,10,13,16H,2-3,5,7-9,11H2. The number of benzene rings is 1. The van der Waals surface area contributed by atoms with E-state index in [9.17, 15) is 5.11 Å². The molecule has 1 unspecified atom stereocenters. The number of hydrogen-bond donors (Lipinski definition) is 1. The molecule has 0 heterocycles. The highest BCUT2D eigenvalue weighted by molar-refractivity contribution is 5.35. The minimum Gasteiger partial charge on any atom is -0.385 e. The highest BCUT2D eigenvalue weighted by Crippen LogP contribution is 2.46. The zero-order valence-electron chi connectivity index (χ0n) is 9.78. The van der Waals surface area contributed by atoms with Crippen LogP contribution in [0.15, 0.2) is 24.3 Å². The van der Waals surface area contributed by atoms with Crippen LogP contribution in [-0.4, -0.2) is 5.11 Å². The lowest BCUT2D eigenvalue weighted by Gasteiger charge is -2.39. The van der Waals surface area contributed by atoms with Gasteiger partial charge in [-0.25, -0.2) is 0 Å². The van der Waals surface area contributed by atoms with Crippen molar-refractivity contribution in [3.63, 3.8) is 0 Å². The van der Waals surface area contributed by atoms with Crippen LogP contribution in [0.2, 0.25) is 0 Å². The lowest BCUT2D eigenvalue weighted by molar-refractivity contribution is -0.0371. The lowest BCUT2D eigenvalue weighted by Crippen LogP contribution is -2.37. The SMILES string of the molecule is OC1(C2CCCC2)CCCc2ccccc21. The molecule has 1 aromatic rings. The maximum absolute atomic E-state index is 11.0. The third-order valence-corrected chi connectivity index (χ3v) is 4.52. The predicted octanol–water partition coefficient (Wildman–Crippen LogP) is 3.40. The van der Waals surface area contributed by atoms with Crippen LogP contribution in [0, 0.1) is 5.92 Å². The molecule has 0 radical (unpaired) electrons. The summed E-state index contributed by atoms with van der Waals surface area (Å²) in [5.74, 6) is 0.508. The summed E-state index contributed by atoms with van der Waals surface area (Å²) in [6, 6.07) is 8.50. The molecule has 0 aromatic heterocycles. The van der Waals surface area contributed by atoms with E-state index in [2.05, 4.69) is 24.3 Å². The van der Waals surface area contributed by atoms with E-state index in [1.165, 1.54) is 36.8 Å². The van der Waals surface area contributed by atoms with Crippen molar-refractivity contribution in [2.75, 3.05) is 0 Å². The van der Waals surface area contributed by atoms with Crippen LogP contribution < -0.4 is 0 Å². The van der Waals surface area contributed by atoms with Crippen molar-refractivity contribution in [3.05, 3.63) is 35.4 Å². The zero-order chi connectivity index (χ0) is 11.0. The molecule has 1 heteroatoms. The lowest BCUT2D eigenvalue weighted by atomic mass is 9.71. The van der Waals surface area contributed by atoms with Gasteiger partial charge in [0.05, 0.1) is 5.60 Å². The number of aliphatic hydroxyl groups is 1. The Hall–Kier alpha value is -0.820. The number of fused-ring (bicyclic) bond motifs is 1. The number of hydrogen-bond acceptors (Lipinski definition) is 1. The van der Waals surface area contributed by atoms with Crippen LogP contribution in [0.25, 0.3) is 0 Å². The maximum Gasteiger partial charge on any atom is 0.0927 e. The first-order chi connectivity index (χ1) is 7.81. The van der Waals surface area contributed by atoms with E-state index in [1.54, 1.807) is 0 Å². The smallest absolute Gasteiger partial charge is 0.0927 e. The fourth-order valence-corrected chi connectivity index (χ4v) is 3.67. The van der Waals surface area contributed by atoms with Crippen LogP contribution >= 0.6 is 0 Å². The van der Waals surface area contributed by atoms with Crippen molar-refractivity contribution >= 4 is 0 Å². The van der Waals surface area contributed by atoms with Crippen LogP contribution in [0.1, 0.15) is 49.7 Å². The molecule has 1 fully saturated rings. The van der Waals surface area contributed by atoms with Gasteiger partial charge >= 0.3 is 0 Å². The molecule has 1 nitrogen and oxygen atoms in total. The average Bonchev–Trinajstić information content (AvgIpc) is 2.84. The molecular weight excluding hydrogens is 196 g/mol. The molecule has 1 aromatic carbocycles. The van der Waals surface area contributed by atoms with Crippen LogP contribution in [0.4, 0.5) is 0 Å². The molecular formula is C15H20O. The summed E-state index contributed by atoms with van der Waals surface area (Å²) in [7, 11) is 0. The Morgan fingerprint density at radius 3 is 2.62 bits per heavy atom. The second kappa shape index (κ2) is 3.89. The monoisotopic (exact) mass is 216 g/mol. The van der Waals surface area contributed by atoms with Crippen molar-refractivity contribution in [1.29, 1.82) is 0 Å². The van der Waals surface area contributed by atoms with Crippen molar-refractivity contribution in [3.8, 4) is 0 Å². The van der Waals surface area contributed by atoms with Gasteiger partial charge in [-0.1, -0.05) is 37.1 Å². The Bertz CT molecular complexity index is 379. The van der Waals surface area contributed by atoms with Gasteiger partial charge in [0.25, 0.3) is 0 Å². The van der Waals surface area contributed by atoms with Gasteiger partial charge < -0.3 is 5.11 Å². The first kappa shape index (κ1) is 10.3. The Morgan fingerprint density at radius 2 is 1.81 bits per heavy atom. The third kappa shape index (κ3) is 1.49. The molecule has 1 atom stereocenters. The second-order valence-electron chi connectivity index (χ2n) is 5.42. The van der Waals surface area contributed by atoms with Crippen molar-refractivity contribution in [2.24, 2.45) is 5.92 Å². The van der Waals surface area contributed by atoms with E-state index in [1.807, 2.05) is 0 Å². The molecule has 2 aliphatic carbocycles. The van der Waals surface area contributed by atoms with E-state index < -0.39 is 5.60 Å². The summed E-state index contributed by atoms with van der Waals surface area (Å²) in [5, 5.41) is 11.0. The fourth-order valence-electron chi connectivity index (χ4n) is 3.67. The molecule has 1 saturated carbocycles. The third-order valence-electron chi connectivity index (χ3n) is 4.52. The minimum absolute atomic E-state index is 0.508. The Labute approximate surface area is 97.5 Å². The van der Waals surface area contributed by atoms with Gasteiger partial charge in [-0.2, -0.15) is 0 Å². The quantitative estimate of drug-likeness (QED) is 0.762. The normalized spacial score (nSPS) is 30.3. The first-order valence-electron chi connectivity index (χ1n) is 6.61. The molecule has 2 aliphatic rings. The maximum atomic E-state index is 11.0. The van der Waals surface area contributed by atoms with E-state index >= 15 is 0 Å². The van der Waals surface area contributed by atoms with Gasteiger partial charge in [0.1, 0.15) is 0 Å². The molecule has 0 aliphatic heterocycles. The van der Waals surface area contributed by atoms with Gasteiger partial charge in [0.2, 0.25) is 0 Å². The summed E-state index contributed by atoms with van der Waals surface area (Å²) in [6.07, 6.45) is 8.28. The zero-order valence-corrected chi connectivity index (χ0v) is 9.78. The molecule has 0 spiro atoms. The van der Waals surface area contributed by atoms with Crippen molar-refractivity contribution in [1.82, 2.24) is 0 Å². The predicted molar refractivity (Wildman–Crippen MR) is 65.2 cm³/mol.